The lowest BCUT2D eigenvalue weighted by molar-refractivity contribution is -0.136. The molecule has 0 amide bonds. The number of methoxy groups -OCH3 is 2. The second kappa shape index (κ2) is 8.73. The Morgan fingerprint density at radius 1 is 1.13 bits per heavy atom. The summed E-state index contributed by atoms with van der Waals surface area (Å²) in [5.41, 5.74) is 2.56. The molecule has 1 aromatic heterocycles. The Kier molecular flexibility index (Phi) is 5.86. The molecule has 1 atom stereocenters. The largest absolute Gasteiger partial charge is 0.497 e. The minimum atomic E-state index is -0.585. The van der Waals surface area contributed by atoms with Crippen molar-refractivity contribution in [2.45, 2.75) is 19.4 Å². The van der Waals surface area contributed by atoms with Gasteiger partial charge in [-0.15, -0.1) is 0 Å². The number of carbonyl (C=O) groups excluding carboxylic acids is 1. The molecule has 1 aliphatic heterocycles. The molecule has 4 rings (SSSR count). The molecule has 2 heterocycles. The van der Waals surface area contributed by atoms with Crippen LogP contribution in [0.3, 0.4) is 0 Å². The summed E-state index contributed by atoms with van der Waals surface area (Å²) in [6.07, 6.45) is 2.39. The van der Waals surface area contributed by atoms with Crippen LogP contribution in [0.2, 0.25) is 0 Å². The van der Waals surface area contributed by atoms with Crippen molar-refractivity contribution in [3.05, 3.63) is 96.7 Å². The van der Waals surface area contributed by atoms with E-state index in [1.54, 1.807) is 11.7 Å². The van der Waals surface area contributed by atoms with Crippen LogP contribution < -0.4 is 19.6 Å². The molecule has 0 bridgehead atoms. The number of thiazole rings is 1. The number of hydrogen-bond acceptors (Lipinski definition) is 6. The molecule has 0 unspecified atom stereocenters. The summed E-state index contributed by atoms with van der Waals surface area (Å²) >= 11 is 1.32. The molecule has 158 valence electrons. The lowest BCUT2D eigenvalue weighted by atomic mass is 9.95. The van der Waals surface area contributed by atoms with E-state index >= 15 is 0 Å². The average molecular weight is 435 g/mol. The molecule has 31 heavy (non-hydrogen) atoms. The highest BCUT2D eigenvalue weighted by molar-refractivity contribution is 7.07. The number of aromatic nitrogens is 1. The van der Waals surface area contributed by atoms with E-state index in [4.69, 9.17) is 9.47 Å². The van der Waals surface area contributed by atoms with E-state index < -0.39 is 12.0 Å². The summed E-state index contributed by atoms with van der Waals surface area (Å²) in [7, 11) is 2.96. The van der Waals surface area contributed by atoms with Crippen molar-refractivity contribution in [1.29, 1.82) is 0 Å². The van der Waals surface area contributed by atoms with Crippen LogP contribution in [0.1, 0.15) is 30.5 Å². The van der Waals surface area contributed by atoms with Crippen LogP contribution in [-0.4, -0.2) is 24.8 Å². The zero-order chi connectivity index (χ0) is 22.0. The Labute approximate surface area is 183 Å². The molecule has 0 spiro atoms. The van der Waals surface area contributed by atoms with Gasteiger partial charge >= 0.3 is 5.97 Å². The molecule has 0 saturated heterocycles. The van der Waals surface area contributed by atoms with Gasteiger partial charge in [-0.3, -0.25) is 9.36 Å². The Morgan fingerprint density at radius 2 is 1.84 bits per heavy atom. The van der Waals surface area contributed by atoms with Crippen molar-refractivity contribution in [3.63, 3.8) is 0 Å². The topological polar surface area (TPSA) is 69.9 Å². The molecule has 3 aromatic rings. The quantitative estimate of drug-likeness (QED) is 0.579. The first-order valence-electron chi connectivity index (χ1n) is 9.89. The van der Waals surface area contributed by atoms with Crippen LogP contribution in [0.15, 0.2) is 75.7 Å². The Balaban J connectivity index is 1.95. The van der Waals surface area contributed by atoms with Crippen molar-refractivity contribution in [1.82, 2.24) is 4.57 Å². The van der Waals surface area contributed by atoms with E-state index in [0.29, 0.717) is 27.0 Å². The molecular formula is C24H22N2O4S. The van der Waals surface area contributed by atoms with Gasteiger partial charge in [0.25, 0.3) is 5.56 Å². The molecule has 6 nitrogen and oxygen atoms in total. The van der Waals surface area contributed by atoms with Gasteiger partial charge in [-0.25, -0.2) is 9.79 Å². The van der Waals surface area contributed by atoms with Crippen molar-refractivity contribution in [3.8, 4) is 5.75 Å². The smallest absolute Gasteiger partial charge is 0.338 e. The van der Waals surface area contributed by atoms with Gasteiger partial charge in [0.15, 0.2) is 4.80 Å². The van der Waals surface area contributed by atoms with Crippen LogP contribution in [-0.2, 0) is 9.53 Å². The predicted octanol–water partition coefficient (Wildman–Crippen LogP) is 2.81. The average Bonchev–Trinajstić information content (AvgIpc) is 3.13. The fourth-order valence-electron chi connectivity index (χ4n) is 3.67. The summed E-state index contributed by atoms with van der Waals surface area (Å²) in [6.45, 7) is 1.94. The van der Waals surface area contributed by atoms with Gasteiger partial charge in [-0.05, 0) is 35.8 Å². The van der Waals surface area contributed by atoms with E-state index in [1.807, 2.05) is 67.6 Å². The number of allylic oxidation sites excluding steroid dienone is 1. The van der Waals surface area contributed by atoms with Crippen molar-refractivity contribution >= 4 is 23.4 Å². The second-order valence-electron chi connectivity index (χ2n) is 6.97. The summed E-state index contributed by atoms with van der Waals surface area (Å²) in [5.74, 6) is 0.275. The van der Waals surface area contributed by atoms with Crippen LogP contribution >= 0.6 is 11.3 Å². The third-order valence-electron chi connectivity index (χ3n) is 5.18. The van der Waals surface area contributed by atoms with Crippen LogP contribution in [0.25, 0.3) is 6.08 Å². The maximum atomic E-state index is 13.5. The van der Waals surface area contributed by atoms with E-state index in [9.17, 15) is 9.59 Å². The minimum Gasteiger partial charge on any atom is -0.497 e. The van der Waals surface area contributed by atoms with Crippen molar-refractivity contribution in [2.75, 3.05) is 14.2 Å². The number of fused-ring (bicyclic) bond motifs is 1. The lowest BCUT2D eigenvalue weighted by Crippen LogP contribution is -2.40. The maximum Gasteiger partial charge on any atom is 0.338 e. The fraction of sp³-hybridized carbons (Fsp3) is 0.208. The summed E-state index contributed by atoms with van der Waals surface area (Å²) in [6, 6.07) is 16.4. The molecule has 0 aliphatic carbocycles. The molecule has 0 saturated carbocycles. The highest BCUT2D eigenvalue weighted by atomic mass is 32.1. The monoisotopic (exact) mass is 434 g/mol. The standard InChI is InChI=1S/C24H22N2O4S/c1-4-18-20(23(28)30-3)21(16-8-6-5-7-9-16)26-22(27)19(31-24(26)25-18)14-15-10-12-17(29-2)13-11-15/h5-14,21H,4H2,1-3H3/b19-14-/t21-/m1/s1. The Morgan fingerprint density at radius 3 is 2.45 bits per heavy atom. The predicted molar refractivity (Wildman–Crippen MR) is 120 cm³/mol. The molecule has 0 fully saturated rings. The fourth-order valence-corrected chi connectivity index (χ4v) is 4.69. The lowest BCUT2D eigenvalue weighted by Gasteiger charge is -2.25. The van der Waals surface area contributed by atoms with Crippen molar-refractivity contribution < 1.29 is 14.3 Å². The third-order valence-corrected chi connectivity index (χ3v) is 6.16. The van der Waals surface area contributed by atoms with Gasteiger partial charge in [0.05, 0.1) is 36.1 Å². The first-order valence-corrected chi connectivity index (χ1v) is 10.7. The summed E-state index contributed by atoms with van der Waals surface area (Å²) in [5, 5.41) is 0. The van der Waals surface area contributed by atoms with E-state index in [0.717, 1.165) is 16.9 Å². The van der Waals surface area contributed by atoms with Crippen molar-refractivity contribution in [2.24, 2.45) is 4.99 Å². The number of ether oxygens (including phenoxy) is 2. The highest BCUT2D eigenvalue weighted by Crippen LogP contribution is 2.31. The first-order chi connectivity index (χ1) is 15.1. The SMILES string of the molecule is CCC1=C(C(=O)OC)[C@@H](c2ccccc2)n2c(s/c(=C\c3ccc(OC)cc3)c2=O)=N1. The molecular weight excluding hydrogens is 412 g/mol. The number of esters is 1. The Hall–Kier alpha value is -3.45. The van der Waals surface area contributed by atoms with Gasteiger partial charge in [0.1, 0.15) is 5.75 Å². The van der Waals surface area contributed by atoms with Gasteiger partial charge in [-0.2, -0.15) is 0 Å². The number of hydrogen-bond donors (Lipinski definition) is 0. The molecule has 0 radical (unpaired) electrons. The van der Waals surface area contributed by atoms with E-state index in [-0.39, 0.29) is 5.56 Å². The van der Waals surface area contributed by atoms with Gasteiger partial charge in [0.2, 0.25) is 0 Å². The summed E-state index contributed by atoms with van der Waals surface area (Å²) in [4.78, 5) is 31.4. The van der Waals surface area contributed by atoms with Gasteiger partial charge in [-0.1, -0.05) is 60.7 Å². The van der Waals surface area contributed by atoms with E-state index in [2.05, 4.69) is 4.99 Å². The highest BCUT2D eigenvalue weighted by Gasteiger charge is 2.33. The van der Waals surface area contributed by atoms with Crippen LogP contribution in [0.5, 0.6) is 5.75 Å². The number of nitrogens with zero attached hydrogens (tertiary/aromatic N) is 2. The third kappa shape index (κ3) is 3.84. The molecule has 2 aromatic carbocycles. The molecule has 0 N–H and O–H groups in total. The van der Waals surface area contributed by atoms with Crippen LogP contribution in [0, 0.1) is 0 Å². The minimum absolute atomic E-state index is 0.190. The number of rotatable bonds is 5. The number of carbonyl (C=O) groups is 1. The molecule has 1 aliphatic rings. The number of benzene rings is 2. The molecule has 7 heteroatoms. The van der Waals surface area contributed by atoms with Gasteiger partial charge in [0, 0.05) is 0 Å². The second-order valence-corrected chi connectivity index (χ2v) is 7.98. The van der Waals surface area contributed by atoms with Gasteiger partial charge < -0.3 is 9.47 Å². The zero-order valence-corrected chi connectivity index (χ0v) is 18.3. The summed E-state index contributed by atoms with van der Waals surface area (Å²) < 4.78 is 12.4. The zero-order valence-electron chi connectivity index (χ0n) is 17.5. The van der Waals surface area contributed by atoms with Crippen LogP contribution in [0.4, 0.5) is 0 Å². The van der Waals surface area contributed by atoms with E-state index in [1.165, 1.54) is 18.4 Å². The normalized spacial score (nSPS) is 16.0. The first kappa shape index (κ1) is 20.8. The maximum absolute atomic E-state index is 13.5. The Bertz CT molecular complexity index is 1320.